The number of anilines is 1. The summed E-state index contributed by atoms with van der Waals surface area (Å²) in [5.74, 6) is 3.16. The third-order valence-corrected chi connectivity index (χ3v) is 3.72. The Labute approximate surface area is 135 Å². The van der Waals surface area contributed by atoms with E-state index < -0.39 is 0 Å². The maximum Gasteiger partial charge on any atom is 0.181 e. The Bertz CT molecular complexity index is 659. The Hall–Kier alpha value is -2.06. The van der Waals surface area contributed by atoms with Crippen molar-refractivity contribution in [2.75, 3.05) is 31.7 Å². The van der Waals surface area contributed by atoms with Gasteiger partial charge in [0.25, 0.3) is 0 Å². The number of ether oxygens (including phenoxy) is 2. The first-order chi connectivity index (χ1) is 11.2. The van der Waals surface area contributed by atoms with E-state index in [9.17, 15) is 0 Å². The van der Waals surface area contributed by atoms with Crippen molar-refractivity contribution in [1.29, 1.82) is 0 Å². The Kier molecular flexibility index (Phi) is 4.82. The third-order valence-electron chi connectivity index (χ3n) is 3.72. The van der Waals surface area contributed by atoms with E-state index in [2.05, 4.69) is 30.0 Å². The first-order valence-corrected chi connectivity index (χ1v) is 7.80. The average molecular weight is 318 g/mol. The Morgan fingerprint density at radius 1 is 1.39 bits per heavy atom. The van der Waals surface area contributed by atoms with Crippen LogP contribution in [-0.2, 0) is 22.5 Å². The molecule has 1 aliphatic rings. The summed E-state index contributed by atoms with van der Waals surface area (Å²) in [6.45, 7) is 6.48. The molecule has 124 valence electrons. The minimum Gasteiger partial charge on any atom is -0.377 e. The molecule has 0 radical (unpaired) electrons. The lowest BCUT2D eigenvalue weighted by molar-refractivity contribution is 0.0339. The molecule has 1 N–H and O–H groups in total. The van der Waals surface area contributed by atoms with Crippen LogP contribution in [0.15, 0.2) is 6.07 Å². The van der Waals surface area contributed by atoms with Gasteiger partial charge in [0.1, 0.15) is 24.4 Å². The van der Waals surface area contributed by atoms with Gasteiger partial charge in [0.15, 0.2) is 11.6 Å². The van der Waals surface area contributed by atoms with Crippen LogP contribution in [0.25, 0.3) is 0 Å². The van der Waals surface area contributed by atoms with Crippen LogP contribution in [0.3, 0.4) is 0 Å². The quantitative estimate of drug-likeness (QED) is 0.885. The number of methoxy groups -OCH3 is 1. The van der Waals surface area contributed by atoms with Gasteiger partial charge < -0.3 is 14.4 Å². The van der Waals surface area contributed by atoms with Gasteiger partial charge in [-0.1, -0.05) is 6.92 Å². The molecule has 1 saturated heterocycles. The summed E-state index contributed by atoms with van der Waals surface area (Å²) in [4.78, 5) is 15.6. The molecule has 1 unspecified atom stereocenters. The highest BCUT2D eigenvalue weighted by Gasteiger charge is 2.26. The number of hydrogen-bond donors (Lipinski definition) is 1. The van der Waals surface area contributed by atoms with E-state index in [1.54, 1.807) is 7.11 Å². The van der Waals surface area contributed by atoms with Crippen LogP contribution >= 0.6 is 0 Å². The fraction of sp³-hybridized carbons (Fsp3) is 0.600. The van der Waals surface area contributed by atoms with Crippen LogP contribution in [0.2, 0.25) is 0 Å². The van der Waals surface area contributed by atoms with E-state index in [1.807, 2.05) is 19.9 Å². The highest BCUT2D eigenvalue weighted by Crippen LogP contribution is 2.23. The summed E-state index contributed by atoms with van der Waals surface area (Å²) in [5.41, 5.74) is 0.927. The zero-order chi connectivity index (χ0) is 16.2. The zero-order valence-corrected chi connectivity index (χ0v) is 13.7. The monoisotopic (exact) mass is 318 g/mol. The van der Waals surface area contributed by atoms with Crippen LogP contribution in [-0.4, -0.2) is 52.0 Å². The van der Waals surface area contributed by atoms with Crippen molar-refractivity contribution in [3.63, 3.8) is 0 Å². The summed E-state index contributed by atoms with van der Waals surface area (Å²) in [6, 6.07) is 1.98. The van der Waals surface area contributed by atoms with E-state index >= 15 is 0 Å². The van der Waals surface area contributed by atoms with Gasteiger partial charge >= 0.3 is 0 Å². The maximum atomic E-state index is 5.83. The van der Waals surface area contributed by atoms with Gasteiger partial charge in [-0.15, -0.1) is 0 Å². The summed E-state index contributed by atoms with van der Waals surface area (Å²) in [6.07, 6.45) is 0.677. The topological polar surface area (TPSA) is 89.1 Å². The molecule has 1 atom stereocenters. The molecule has 0 spiro atoms. The maximum absolute atomic E-state index is 5.83. The van der Waals surface area contributed by atoms with E-state index in [1.165, 1.54) is 0 Å². The lowest BCUT2D eigenvalue weighted by Crippen LogP contribution is -2.39. The third kappa shape index (κ3) is 3.65. The van der Waals surface area contributed by atoms with Crippen LogP contribution < -0.4 is 4.90 Å². The van der Waals surface area contributed by atoms with E-state index in [4.69, 9.17) is 9.47 Å². The Balaban J connectivity index is 1.78. The second-order valence-electron chi connectivity index (χ2n) is 5.52. The molecule has 0 aromatic carbocycles. The summed E-state index contributed by atoms with van der Waals surface area (Å²) in [5, 5.41) is 7.20. The van der Waals surface area contributed by atoms with Crippen molar-refractivity contribution in [2.24, 2.45) is 0 Å². The average Bonchev–Trinajstić information content (AvgIpc) is 3.04. The Morgan fingerprint density at radius 2 is 2.26 bits per heavy atom. The zero-order valence-electron chi connectivity index (χ0n) is 13.7. The SMILES string of the molecule is CCc1nc(C2CN(c3cc(C)nc(COC)n3)CCO2)n[nH]1. The standard InChI is InChI=1S/C15H22N6O2/c1-4-12-18-15(20-19-12)11-8-21(5-6-23-11)14-7-10(2)16-13(17-14)9-22-3/h7,11H,4-6,8-9H2,1-3H3,(H,18,19,20). The first kappa shape index (κ1) is 15.8. The molecular weight excluding hydrogens is 296 g/mol. The fourth-order valence-electron chi connectivity index (χ4n) is 2.59. The molecule has 23 heavy (non-hydrogen) atoms. The van der Waals surface area contributed by atoms with E-state index in [-0.39, 0.29) is 6.10 Å². The van der Waals surface area contributed by atoms with Gasteiger partial charge in [-0.2, -0.15) is 5.10 Å². The van der Waals surface area contributed by atoms with Crippen LogP contribution in [0.5, 0.6) is 0 Å². The van der Waals surface area contributed by atoms with Crippen molar-refractivity contribution >= 4 is 5.82 Å². The second kappa shape index (κ2) is 7.01. The number of nitrogens with one attached hydrogen (secondary N) is 1. The van der Waals surface area contributed by atoms with Crippen LogP contribution in [0.1, 0.15) is 36.2 Å². The number of nitrogens with zero attached hydrogens (tertiary/aromatic N) is 5. The van der Waals surface area contributed by atoms with Crippen LogP contribution in [0.4, 0.5) is 5.82 Å². The number of aromatic nitrogens is 5. The minimum atomic E-state index is -0.151. The largest absolute Gasteiger partial charge is 0.377 e. The molecule has 3 rings (SSSR count). The van der Waals surface area contributed by atoms with Gasteiger partial charge in [0, 0.05) is 31.8 Å². The van der Waals surface area contributed by atoms with Gasteiger partial charge in [0.05, 0.1) is 13.2 Å². The van der Waals surface area contributed by atoms with Crippen molar-refractivity contribution in [3.8, 4) is 0 Å². The van der Waals surface area contributed by atoms with Gasteiger partial charge in [-0.25, -0.2) is 15.0 Å². The van der Waals surface area contributed by atoms with Crippen molar-refractivity contribution in [2.45, 2.75) is 33.0 Å². The highest BCUT2D eigenvalue weighted by atomic mass is 16.5. The molecule has 3 heterocycles. The fourth-order valence-corrected chi connectivity index (χ4v) is 2.59. The number of rotatable bonds is 5. The molecule has 8 heteroatoms. The predicted molar refractivity (Wildman–Crippen MR) is 84.1 cm³/mol. The smallest absolute Gasteiger partial charge is 0.181 e. The Morgan fingerprint density at radius 3 is 3.00 bits per heavy atom. The number of hydrogen-bond acceptors (Lipinski definition) is 7. The number of aromatic amines is 1. The normalized spacial score (nSPS) is 18.4. The molecule has 8 nitrogen and oxygen atoms in total. The number of H-pyrrole nitrogens is 1. The summed E-state index contributed by atoms with van der Waals surface area (Å²) >= 11 is 0. The van der Waals surface area contributed by atoms with E-state index in [0.29, 0.717) is 31.4 Å². The lowest BCUT2D eigenvalue weighted by atomic mass is 10.2. The molecule has 0 aliphatic carbocycles. The second-order valence-corrected chi connectivity index (χ2v) is 5.52. The van der Waals surface area contributed by atoms with Crippen molar-refractivity contribution in [3.05, 3.63) is 29.2 Å². The van der Waals surface area contributed by atoms with Crippen molar-refractivity contribution < 1.29 is 9.47 Å². The van der Waals surface area contributed by atoms with Gasteiger partial charge in [-0.3, -0.25) is 5.10 Å². The number of aryl methyl sites for hydroxylation is 2. The summed E-state index contributed by atoms with van der Waals surface area (Å²) < 4.78 is 11.0. The van der Waals surface area contributed by atoms with Gasteiger partial charge in [-0.05, 0) is 6.92 Å². The van der Waals surface area contributed by atoms with Crippen molar-refractivity contribution in [1.82, 2.24) is 25.1 Å². The molecule has 1 fully saturated rings. The molecule has 0 amide bonds. The molecule has 0 bridgehead atoms. The molecule has 0 saturated carbocycles. The minimum absolute atomic E-state index is 0.151. The summed E-state index contributed by atoms with van der Waals surface area (Å²) in [7, 11) is 1.64. The number of morpholine rings is 1. The molecule has 1 aliphatic heterocycles. The predicted octanol–water partition coefficient (Wildman–Crippen LogP) is 1.19. The van der Waals surface area contributed by atoms with Gasteiger partial charge in [0.2, 0.25) is 0 Å². The van der Waals surface area contributed by atoms with E-state index in [0.717, 1.165) is 30.3 Å². The van der Waals surface area contributed by atoms with Crippen LogP contribution in [0, 0.1) is 6.92 Å². The molecule has 2 aromatic rings. The molecule has 2 aromatic heterocycles. The molecular formula is C15H22N6O2. The first-order valence-electron chi connectivity index (χ1n) is 7.80. The lowest BCUT2D eigenvalue weighted by Gasteiger charge is -2.32. The highest BCUT2D eigenvalue weighted by molar-refractivity contribution is 5.40.